The number of nitrogens with zero attached hydrogens (tertiary/aromatic N) is 4. The van der Waals surface area contributed by atoms with E-state index in [4.69, 9.17) is 0 Å². The molecule has 0 fully saturated rings. The zero-order chi connectivity index (χ0) is 19.3. The van der Waals surface area contributed by atoms with Crippen molar-refractivity contribution in [1.29, 1.82) is 0 Å². The first kappa shape index (κ1) is 17.7. The van der Waals surface area contributed by atoms with Crippen LogP contribution in [-0.4, -0.2) is 31.7 Å². The molecule has 140 valence electrons. The standard InChI is InChI=1S/C18H19N5O3S/c1-18(2)8-12-14(13(24)9-18)15(10-5-4-6-11(7-10)23(25)26)22-16(19-12)20-17(21-22)27-3/h4-8,14-15H,9H2,1-3H3,(H,19,20,21)/t14-,15-/m0/s1. The highest BCUT2D eigenvalue weighted by molar-refractivity contribution is 7.98. The second-order valence-corrected chi connectivity index (χ2v) is 8.27. The van der Waals surface area contributed by atoms with Crippen molar-refractivity contribution in [2.24, 2.45) is 11.3 Å². The van der Waals surface area contributed by atoms with Crippen LogP contribution in [0.3, 0.4) is 0 Å². The van der Waals surface area contributed by atoms with E-state index >= 15 is 0 Å². The maximum absolute atomic E-state index is 13.1. The summed E-state index contributed by atoms with van der Waals surface area (Å²) in [6.45, 7) is 4.04. The number of Topliss-reactive ketones (excluding diaryl/α,β-unsaturated/α-hetero) is 1. The number of thioether (sulfide) groups is 1. The number of allylic oxidation sites excluding steroid dienone is 2. The monoisotopic (exact) mass is 385 g/mol. The number of aromatic nitrogens is 3. The van der Waals surface area contributed by atoms with Gasteiger partial charge in [0.1, 0.15) is 5.78 Å². The molecule has 0 saturated heterocycles. The SMILES string of the molecule is CSc1nc2n(n1)[C@@H](c1cccc([N+](=O)[O-])c1)[C@@H]1C(=O)CC(C)(C)C=C1N2. The van der Waals surface area contributed by atoms with Gasteiger partial charge in [-0.25, -0.2) is 4.68 Å². The molecule has 0 spiro atoms. The van der Waals surface area contributed by atoms with Gasteiger partial charge in [-0.1, -0.05) is 43.8 Å². The fraction of sp³-hybridized carbons (Fsp3) is 0.389. The van der Waals surface area contributed by atoms with Crippen molar-refractivity contribution in [2.45, 2.75) is 31.5 Å². The molecule has 0 amide bonds. The number of nitro groups is 1. The average Bonchev–Trinajstić information content (AvgIpc) is 3.01. The highest BCUT2D eigenvalue weighted by atomic mass is 32.2. The molecule has 4 rings (SSSR count). The van der Waals surface area contributed by atoms with Crippen molar-refractivity contribution < 1.29 is 9.72 Å². The van der Waals surface area contributed by atoms with Crippen LogP contribution in [0.1, 0.15) is 31.9 Å². The lowest BCUT2D eigenvalue weighted by molar-refractivity contribution is -0.384. The third-order valence-electron chi connectivity index (χ3n) is 4.91. The largest absolute Gasteiger partial charge is 0.328 e. The van der Waals surface area contributed by atoms with Gasteiger partial charge in [-0.2, -0.15) is 4.98 Å². The van der Waals surface area contributed by atoms with Gasteiger partial charge in [-0.15, -0.1) is 5.10 Å². The number of non-ortho nitro benzene ring substituents is 1. The first-order valence-corrected chi connectivity index (χ1v) is 9.79. The van der Waals surface area contributed by atoms with E-state index < -0.39 is 16.9 Å². The van der Waals surface area contributed by atoms with Crippen LogP contribution in [0.25, 0.3) is 0 Å². The van der Waals surface area contributed by atoms with Crippen molar-refractivity contribution in [3.8, 4) is 0 Å². The number of hydrogen-bond donors (Lipinski definition) is 1. The van der Waals surface area contributed by atoms with Crippen LogP contribution >= 0.6 is 11.8 Å². The van der Waals surface area contributed by atoms with E-state index in [9.17, 15) is 14.9 Å². The highest BCUT2D eigenvalue weighted by Crippen LogP contribution is 2.45. The Morgan fingerprint density at radius 2 is 2.19 bits per heavy atom. The first-order chi connectivity index (χ1) is 12.8. The Hall–Kier alpha value is -2.68. The average molecular weight is 385 g/mol. The summed E-state index contributed by atoms with van der Waals surface area (Å²) < 4.78 is 1.68. The molecular weight excluding hydrogens is 366 g/mol. The fourth-order valence-electron chi connectivity index (χ4n) is 3.85. The molecule has 2 heterocycles. The molecule has 0 bridgehead atoms. The Morgan fingerprint density at radius 3 is 2.89 bits per heavy atom. The minimum atomic E-state index is -0.469. The van der Waals surface area contributed by atoms with Gasteiger partial charge >= 0.3 is 0 Å². The van der Waals surface area contributed by atoms with Gasteiger partial charge in [-0.05, 0) is 17.2 Å². The lowest BCUT2D eigenvalue weighted by Gasteiger charge is -2.40. The summed E-state index contributed by atoms with van der Waals surface area (Å²) in [5.41, 5.74) is 1.20. The molecule has 1 aromatic carbocycles. The number of fused-ring (bicyclic) bond motifs is 2. The van der Waals surface area contributed by atoms with E-state index in [1.165, 1.54) is 23.9 Å². The van der Waals surface area contributed by atoms with E-state index in [0.29, 0.717) is 23.1 Å². The molecule has 1 aliphatic carbocycles. The number of carbonyl (C=O) groups is 1. The lowest BCUT2D eigenvalue weighted by Crippen LogP contribution is -2.42. The minimum absolute atomic E-state index is 0.00749. The zero-order valence-electron chi connectivity index (χ0n) is 15.2. The maximum Gasteiger partial charge on any atom is 0.269 e. The summed E-state index contributed by atoms with van der Waals surface area (Å²) in [4.78, 5) is 28.3. The number of hydrogen-bond acceptors (Lipinski definition) is 7. The van der Waals surface area contributed by atoms with Crippen LogP contribution in [0.2, 0.25) is 0 Å². The molecule has 8 nitrogen and oxygen atoms in total. The molecule has 1 aromatic heterocycles. The molecular formula is C18H19N5O3S. The smallest absolute Gasteiger partial charge is 0.269 e. The van der Waals surface area contributed by atoms with Gasteiger partial charge in [0.15, 0.2) is 0 Å². The second kappa shape index (κ2) is 6.19. The van der Waals surface area contributed by atoms with Crippen LogP contribution in [0, 0.1) is 21.4 Å². The summed E-state index contributed by atoms with van der Waals surface area (Å²) in [6.07, 6.45) is 4.36. The molecule has 0 saturated carbocycles. The Labute approximate surface area is 160 Å². The molecule has 2 aliphatic rings. The van der Waals surface area contributed by atoms with Crippen LogP contribution in [0.5, 0.6) is 0 Å². The predicted octanol–water partition coefficient (Wildman–Crippen LogP) is 3.42. The zero-order valence-corrected chi connectivity index (χ0v) is 16.0. The molecule has 27 heavy (non-hydrogen) atoms. The molecule has 1 aliphatic heterocycles. The summed E-state index contributed by atoms with van der Waals surface area (Å²) in [6, 6.07) is 5.94. The fourth-order valence-corrected chi connectivity index (χ4v) is 4.20. The number of ketones is 1. The molecule has 1 N–H and O–H groups in total. The summed E-state index contributed by atoms with van der Waals surface area (Å²) >= 11 is 1.41. The minimum Gasteiger partial charge on any atom is -0.328 e. The number of rotatable bonds is 3. The van der Waals surface area contributed by atoms with Gasteiger partial charge in [0.2, 0.25) is 11.1 Å². The van der Waals surface area contributed by atoms with Crippen LogP contribution in [0.15, 0.2) is 41.2 Å². The van der Waals surface area contributed by atoms with Crippen molar-refractivity contribution in [2.75, 3.05) is 11.6 Å². The van der Waals surface area contributed by atoms with E-state index in [1.807, 2.05) is 20.1 Å². The Bertz CT molecular complexity index is 981. The topological polar surface area (TPSA) is 103 Å². The second-order valence-electron chi connectivity index (χ2n) is 7.50. The molecule has 0 radical (unpaired) electrons. The van der Waals surface area contributed by atoms with Gasteiger partial charge in [0, 0.05) is 24.3 Å². The number of benzene rings is 1. The third-order valence-corrected chi connectivity index (χ3v) is 5.45. The quantitative estimate of drug-likeness (QED) is 0.490. The van der Waals surface area contributed by atoms with E-state index in [1.54, 1.807) is 16.8 Å². The van der Waals surface area contributed by atoms with E-state index in [-0.39, 0.29) is 16.9 Å². The molecule has 2 aromatic rings. The van der Waals surface area contributed by atoms with Crippen molar-refractivity contribution in [3.05, 3.63) is 51.7 Å². The normalized spacial score (nSPS) is 23.1. The third kappa shape index (κ3) is 3.01. The molecule has 0 unspecified atom stereocenters. The Morgan fingerprint density at radius 1 is 1.41 bits per heavy atom. The van der Waals surface area contributed by atoms with Crippen molar-refractivity contribution in [3.63, 3.8) is 0 Å². The van der Waals surface area contributed by atoms with Crippen molar-refractivity contribution in [1.82, 2.24) is 14.8 Å². The predicted molar refractivity (Wildman–Crippen MR) is 102 cm³/mol. The highest BCUT2D eigenvalue weighted by Gasteiger charge is 2.45. The number of anilines is 1. The van der Waals surface area contributed by atoms with E-state index in [2.05, 4.69) is 21.5 Å². The number of nitro benzene ring substituents is 1. The van der Waals surface area contributed by atoms with Crippen LogP contribution in [0.4, 0.5) is 11.6 Å². The summed E-state index contributed by atoms with van der Waals surface area (Å²) in [5, 5.41) is 19.6. The Kier molecular flexibility index (Phi) is 4.06. The van der Waals surface area contributed by atoms with Crippen molar-refractivity contribution >= 4 is 29.2 Å². The van der Waals surface area contributed by atoms with Gasteiger partial charge in [-0.3, -0.25) is 14.9 Å². The summed E-state index contributed by atoms with van der Waals surface area (Å²) in [5.74, 6) is 0.168. The summed E-state index contributed by atoms with van der Waals surface area (Å²) in [7, 11) is 0. The van der Waals surface area contributed by atoms with E-state index in [0.717, 1.165) is 5.70 Å². The molecule has 2 atom stereocenters. The lowest BCUT2D eigenvalue weighted by atomic mass is 9.72. The van der Waals surface area contributed by atoms with Gasteiger partial charge < -0.3 is 5.32 Å². The molecule has 9 heteroatoms. The number of nitrogens with one attached hydrogen (secondary N) is 1. The van der Waals surface area contributed by atoms with Crippen LogP contribution < -0.4 is 5.32 Å². The Balaban J connectivity index is 1.92. The van der Waals surface area contributed by atoms with Gasteiger partial charge in [0.05, 0.1) is 16.9 Å². The van der Waals surface area contributed by atoms with Gasteiger partial charge in [0.25, 0.3) is 5.69 Å². The number of carbonyl (C=O) groups excluding carboxylic acids is 1. The van der Waals surface area contributed by atoms with Crippen LogP contribution in [-0.2, 0) is 4.79 Å². The first-order valence-electron chi connectivity index (χ1n) is 8.56. The maximum atomic E-state index is 13.1.